The van der Waals surface area contributed by atoms with Crippen LogP contribution in [0.25, 0.3) is 0 Å². The van der Waals surface area contributed by atoms with Crippen LogP contribution in [0.1, 0.15) is 19.8 Å². The van der Waals surface area contributed by atoms with Crippen LogP contribution >= 0.6 is 0 Å². The van der Waals surface area contributed by atoms with Gasteiger partial charge < -0.3 is 14.8 Å². The number of rotatable bonds is 6. The minimum absolute atomic E-state index is 0.0165. The van der Waals surface area contributed by atoms with E-state index in [1.165, 1.54) is 6.33 Å². The van der Waals surface area contributed by atoms with Gasteiger partial charge in [-0.25, -0.2) is 4.98 Å². The third kappa shape index (κ3) is 3.28. The molecule has 1 unspecified atom stereocenters. The van der Waals surface area contributed by atoms with Gasteiger partial charge in [-0.1, -0.05) is 0 Å². The molecular weight excluding hydrogens is 252 g/mol. The number of hydrogen-bond acceptors (Lipinski definition) is 7. The Morgan fingerprint density at radius 3 is 3.11 bits per heavy atom. The highest BCUT2D eigenvalue weighted by molar-refractivity contribution is 5.60. The molecule has 19 heavy (non-hydrogen) atoms. The molecule has 0 saturated carbocycles. The minimum Gasteiger partial charge on any atom is -0.470 e. The van der Waals surface area contributed by atoms with Gasteiger partial charge in [0, 0.05) is 13.2 Å². The molecule has 2 heterocycles. The molecule has 1 N–H and O–H groups in total. The summed E-state index contributed by atoms with van der Waals surface area (Å²) in [6.07, 6.45) is 3.12. The molecule has 1 saturated heterocycles. The molecule has 1 aromatic rings. The molecule has 0 radical (unpaired) electrons. The summed E-state index contributed by atoms with van der Waals surface area (Å²) in [6, 6.07) is 0. The second-order valence-electron chi connectivity index (χ2n) is 4.11. The third-order valence-corrected chi connectivity index (χ3v) is 2.75. The van der Waals surface area contributed by atoms with Crippen LogP contribution in [-0.4, -0.2) is 40.8 Å². The summed E-state index contributed by atoms with van der Waals surface area (Å²) in [5.41, 5.74) is -0.234. The van der Waals surface area contributed by atoms with E-state index in [2.05, 4.69) is 15.3 Å². The molecule has 0 aromatic carbocycles. The SMILES string of the molecule is CCNc1ncnc(OCC2CCCO2)c1[N+](=O)[O-]. The van der Waals surface area contributed by atoms with E-state index in [-0.39, 0.29) is 30.1 Å². The Morgan fingerprint density at radius 2 is 2.47 bits per heavy atom. The van der Waals surface area contributed by atoms with Crippen LogP contribution in [0.4, 0.5) is 11.5 Å². The van der Waals surface area contributed by atoms with E-state index in [9.17, 15) is 10.1 Å². The Hall–Kier alpha value is -1.96. The zero-order valence-electron chi connectivity index (χ0n) is 10.7. The second-order valence-corrected chi connectivity index (χ2v) is 4.11. The maximum absolute atomic E-state index is 11.1. The number of nitrogens with zero attached hydrogens (tertiary/aromatic N) is 3. The van der Waals surface area contributed by atoms with Crippen LogP contribution < -0.4 is 10.1 Å². The Balaban J connectivity index is 2.13. The normalized spacial score (nSPS) is 18.3. The van der Waals surface area contributed by atoms with Crippen molar-refractivity contribution in [3.8, 4) is 5.88 Å². The van der Waals surface area contributed by atoms with Gasteiger partial charge in [-0.3, -0.25) is 10.1 Å². The molecule has 0 aliphatic carbocycles. The summed E-state index contributed by atoms with van der Waals surface area (Å²) in [5.74, 6) is 0.149. The minimum atomic E-state index is -0.539. The van der Waals surface area contributed by atoms with Crippen LogP contribution in [0, 0.1) is 10.1 Å². The summed E-state index contributed by atoms with van der Waals surface area (Å²) in [6.45, 7) is 3.34. The van der Waals surface area contributed by atoms with Crippen molar-refractivity contribution in [1.29, 1.82) is 0 Å². The van der Waals surface area contributed by atoms with Crippen LogP contribution in [0.2, 0.25) is 0 Å². The van der Waals surface area contributed by atoms with Gasteiger partial charge in [0.1, 0.15) is 12.9 Å². The lowest BCUT2D eigenvalue weighted by Gasteiger charge is -2.11. The number of nitro groups is 1. The van der Waals surface area contributed by atoms with E-state index in [4.69, 9.17) is 9.47 Å². The quantitative estimate of drug-likeness (QED) is 0.614. The first-order chi connectivity index (χ1) is 9.22. The summed E-state index contributed by atoms with van der Waals surface area (Å²) < 4.78 is 10.8. The van der Waals surface area contributed by atoms with Crippen molar-refractivity contribution >= 4 is 11.5 Å². The Morgan fingerprint density at radius 1 is 1.63 bits per heavy atom. The lowest BCUT2D eigenvalue weighted by atomic mass is 10.2. The first-order valence-electron chi connectivity index (χ1n) is 6.20. The zero-order chi connectivity index (χ0) is 13.7. The molecule has 8 heteroatoms. The van der Waals surface area contributed by atoms with E-state index in [1.807, 2.05) is 6.92 Å². The van der Waals surface area contributed by atoms with E-state index < -0.39 is 4.92 Å². The summed E-state index contributed by atoms with van der Waals surface area (Å²) in [4.78, 5) is 18.2. The fraction of sp³-hybridized carbons (Fsp3) is 0.636. The average molecular weight is 268 g/mol. The second kappa shape index (κ2) is 6.28. The van der Waals surface area contributed by atoms with Crippen molar-refractivity contribution in [3.05, 3.63) is 16.4 Å². The van der Waals surface area contributed by atoms with Crippen molar-refractivity contribution in [2.45, 2.75) is 25.9 Å². The molecule has 0 amide bonds. The molecule has 0 bridgehead atoms. The van der Waals surface area contributed by atoms with Crippen LogP contribution in [0.3, 0.4) is 0 Å². The maximum atomic E-state index is 11.1. The van der Waals surface area contributed by atoms with Crippen LogP contribution in [0.5, 0.6) is 5.88 Å². The van der Waals surface area contributed by atoms with Gasteiger partial charge in [0.2, 0.25) is 5.82 Å². The van der Waals surface area contributed by atoms with E-state index in [0.29, 0.717) is 13.2 Å². The third-order valence-electron chi connectivity index (χ3n) is 2.75. The van der Waals surface area contributed by atoms with Crippen molar-refractivity contribution < 1.29 is 14.4 Å². The van der Waals surface area contributed by atoms with Crippen molar-refractivity contribution in [1.82, 2.24) is 9.97 Å². The van der Waals surface area contributed by atoms with Gasteiger partial charge in [-0.05, 0) is 19.8 Å². The van der Waals surface area contributed by atoms with Gasteiger partial charge in [0.05, 0.1) is 11.0 Å². The Labute approximate surface area is 110 Å². The molecular formula is C11H16N4O4. The highest BCUT2D eigenvalue weighted by atomic mass is 16.6. The topological polar surface area (TPSA) is 99.4 Å². The summed E-state index contributed by atoms with van der Waals surface area (Å²) in [5, 5.41) is 13.9. The Bertz CT molecular complexity index is 448. The monoisotopic (exact) mass is 268 g/mol. The Kier molecular flexibility index (Phi) is 4.45. The molecule has 0 spiro atoms. The van der Waals surface area contributed by atoms with Gasteiger partial charge in [0.15, 0.2) is 0 Å². The molecule has 1 aromatic heterocycles. The molecule has 2 rings (SSSR count). The highest BCUT2D eigenvalue weighted by Crippen LogP contribution is 2.31. The van der Waals surface area contributed by atoms with E-state index in [1.54, 1.807) is 0 Å². The van der Waals surface area contributed by atoms with Gasteiger partial charge in [0.25, 0.3) is 5.88 Å². The predicted molar refractivity (Wildman–Crippen MR) is 67.3 cm³/mol. The molecule has 1 aliphatic heterocycles. The lowest BCUT2D eigenvalue weighted by Crippen LogP contribution is -2.18. The van der Waals surface area contributed by atoms with Crippen LogP contribution in [0.15, 0.2) is 6.33 Å². The van der Waals surface area contributed by atoms with E-state index in [0.717, 1.165) is 12.8 Å². The zero-order valence-corrected chi connectivity index (χ0v) is 10.7. The number of ether oxygens (including phenoxy) is 2. The average Bonchev–Trinajstić information content (AvgIpc) is 2.89. The highest BCUT2D eigenvalue weighted by Gasteiger charge is 2.25. The molecule has 1 aliphatic rings. The summed E-state index contributed by atoms with van der Waals surface area (Å²) >= 11 is 0. The van der Waals surface area contributed by atoms with E-state index >= 15 is 0 Å². The predicted octanol–water partition coefficient (Wildman–Crippen LogP) is 1.37. The lowest BCUT2D eigenvalue weighted by molar-refractivity contribution is -0.385. The largest absolute Gasteiger partial charge is 0.470 e. The molecule has 104 valence electrons. The molecule has 1 atom stereocenters. The smallest absolute Gasteiger partial charge is 0.372 e. The fourth-order valence-corrected chi connectivity index (χ4v) is 1.88. The van der Waals surface area contributed by atoms with Crippen molar-refractivity contribution in [3.63, 3.8) is 0 Å². The molecule has 8 nitrogen and oxygen atoms in total. The van der Waals surface area contributed by atoms with Crippen molar-refractivity contribution in [2.24, 2.45) is 0 Å². The summed E-state index contributed by atoms with van der Waals surface area (Å²) in [7, 11) is 0. The molecule has 1 fully saturated rings. The number of aromatic nitrogens is 2. The van der Waals surface area contributed by atoms with Gasteiger partial charge in [-0.2, -0.15) is 4.98 Å². The standard InChI is InChI=1S/C11H16N4O4/c1-2-12-10-9(15(16)17)11(14-7-13-10)19-6-8-4-3-5-18-8/h7-8H,2-6H2,1H3,(H,12,13,14). The maximum Gasteiger partial charge on any atom is 0.372 e. The number of anilines is 1. The van der Waals surface area contributed by atoms with Crippen LogP contribution in [-0.2, 0) is 4.74 Å². The van der Waals surface area contributed by atoms with Gasteiger partial charge >= 0.3 is 5.69 Å². The fourth-order valence-electron chi connectivity index (χ4n) is 1.88. The van der Waals surface area contributed by atoms with Crippen molar-refractivity contribution in [2.75, 3.05) is 25.1 Å². The number of hydrogen-bond donors (Lipinski definition) is 1. The first kappa shape index (κ1) is 13.5. The number of nitrogens with one attached hydrogen (secondary N) is 1. The first-order valence-corrected chi connectivity index (χ1v) is 6.20. The van der Waals surface area contributed by atoms with Gasteiger partial charge in [-0.15, -0.1) is 0 Å².